The predicted octanol–water partition coefficient (Wildman–Crippen LogP) is 1.02. The number of nitrogens with one attached hydrogen (secondary N) is 1. The highest BCUT2D eigenvalue weighted by Crippen LogP contribution is 2.23. The molecule has 1 unspecified atom stereocenters. The summed E-state index contributed by atoms with van der Waals surface area (Å²) < 4.78 is 4.70. The van der Waals surface area contributed by atoms with Gasteiger partial charge in [-0.25, -0.2) is 4.79 Å². The minimum atomic E-state index is -0.391. The number of methoxy groups -OCH3 is 1. The summed E-state index contributed by atoms with van der Waals surface area (Å²) in [6.07, 6.45) is 1.04. The first-order chi connectivity index (χ1) is 9.11. The number of rotatable bonds is 2. The summed E-state index contributed by atoms with van der Waals surface area (Å²) in [5.41, 5.74) is 7.96. The minimum Gasteiger partial charge on any atom is -0.465 e. The lowest BCUT2D eigenvalue weighted by Crippen LogP contribution is -2.25. The van der Waals surface area contributed by atoms with E-state index in [4.69, 9.17) is 10.5 Å². The predicted molar refractivity (Wildman–Crippen MR) is 75.1 cm³/mol. The van der Waals surface area contributed by atoms with Gasteiger partial charge in [0.2, 0.25) is 0 Å². The van der Waals surface area contributed by atoms with Crippen LogP contribution in [0.25, 0.3) is 0 Å². The van der Waals surface area contributed by atoms with Crippen LogP contribution < -0.4 is 11.1 Å². The molecule has 2 rings (SSSR count). The molecule has 0 aliphatic carbocycles. The molecule has 3 N–H and O–H groups in total. The van der Waals surface area contributed by atoms with Crippen molar-refractivity contribution in [1.82, 2.24) is 10.2 Å². The van der Waals surface area contributed by atoms with Crippen molar-refractivity contribution < 1.29 is 9.53 Å². The van der Waals surface area contributed by atoms with E-state index in [1.165, 1.54) is 7.11 Å². The Bertz CT molecular complexity index is 462. The number of likely N-dealkylation sites (N-methyl/N-ethyl adjacent to an activating group) is 1. The van der Waals surface area contributed by atoms with E-state index in [-0.39, 0.29) is 0 Å². The zero-order valence-corrected chi connectivity index (χ0v) is 11.5. The van der Waals surface area contributed by atoms with E-state index in [0.717, 1.165) is 31.6 Å². The molecule has 0 spiro atoms. The van der Waals surface area contributed by atoms with Crippen molar-refractivity contribution in [2.24, 2.45) is 0 Å². The Morgan fingerprint density at radius 3 is 2.95 bits per heavy atom. The number of carbonyl (C=O) groups excluding carboxylic acids is 1. The Kier molecular flexibility index (Phi) is 4.39. The van der Waals surface area contributed by atoms with Crippen molar-refractivity contribution >= 4 is 11.7 Å². The molecule has 1 aromatic rings. The summed E-state index contributed by atoms with van der Waals surface area (Å²) in [5.74, 6) is -0.391. The van der Waals surface area contributed by atoms with E-state index in [1.807, 2.05) is 12.1 Å². The number of ether oxygens (including phenoxy) is 1. The molecule has 0 amide bonds. The van der Waals surface area contributed by atoms with Gasteiger partial charge in [0.25, 0.3) is 0 Å². The third kappa shape index (κ3) is 3.24. The average molecular weight is 263 g/mol. The molecule has 0 aromatic heterocycles. The van der Waals surface area contributed by atoms with Crippen LogP contribution in [0, 0.1) is 0 Å². The maximum atomic E-state index is 11.5. The molecule has 1 heterocycles. The van der Waals surface area contributed by atoms with E-state index >= 15 is 0 Å². The number of esters is 1. The van der Waals surface area contributed by atoms with Crippen LogP contribution in [0.3, 0.4) is 0 Å². The standard InChI is InChI=1S/C14H21N3O2/c1-17-7-5-13(16-6-8-17)10-3-4-11(12(15)9-10)14(18)19-2/h3-4,9,13,16H,5-8,15H2,1-2H3. The largest absolute Gasteiger partial charge is 0.465 e. The fraction of sp³-hybridized carbons (Fsp3) is 0.500. The molecule has 1 aliphatic rings. The average Bonchev–Trinajstić information content (AvgIpc) is 2.62. The molecular formula is C14H21N3O2. The molecule has 1 saturated heterocycles. The van der Waals surface area contributed by atoms with Crippen LogP contribution in [0.2, 0.25) is 0 Å². The lowest BCUT2D eigenvalue weighted by molar-refractivity contribution is 0.0602. The topological polar surface area (TPSA) is 67.6 Å². The van der Waals surface area contributed by atoms with Gasteiger partial charge in [0.05, 0.1) is 12.7 Å². The summed E-state index contributed by atoms with van der Waals surface area (Å²) in [7, 11) is 3.48. The smallest absolute Gasteiger partial charge is 0.339 e. The number of nitrogens with zero attached hydrogens (tertiary/aromatic N) is 1. The second-order valence-corrected chi connectivity index (χ2v) is 4.94. The molecule has 0 saturated carbocycles. The van der Waals surface area contributed by atoms with Crippen molar-refractivity contribution in [2.45, 2.75) is 12.5 Å². The Morgan fingerprint density at radius 2 is 2.26 bits per heavy atom. The van der Waals surface area contributed by atoms with Gasteiger partial charge in [0.15, 0.2) is 0 Å². The van der Waals surface area contributed by atoms with E-state index in [1.54, 1.807) is 6.07 Å². The van der Waals surface area contributed by atoms with Crippen molar-refractivity contribution in [3.63, 3.8) is 0 Å². The summed E-state index contributed by atoms with van der Waals surface area (Å²) >= 11 is 0. The second-order valence-electron chi connectivity index (χ2n) is 4.94. The third-order valence-corrected chi connectivity index (χ3v) is 3.57. The van der Waals surface area contributed by atoms with Gasteiger partial charge in [-0.1, -0.05) is 6.07 Å². The molecule has 104 valence electrons. The summed E-state index contributed by atoms with van der Waals surface area (Å²) in [6.45, 7) is 3.06. The Hall–Kier alpha value is -1.59. The van der Waals surface area contributed by atoms with Crippen LogP contribution in [0.15, 0.2) is 18.2 Å². The summed E-state index contributed by atoms with van der Waals surface area (Å²) in [5, 5.41) is 3.50. The molecule has 0 radical (unpaired) electrons. The van der Waals surface area contributed by atoms with E-state index in [2.05, 4.69) is 17.3 Å². The normalized spacial score (nSPS) is 20.8. The number of hydrogen-bond donors (Lipinski definition) is 2. The SMILES string of the molecule is COC(=O)c1ccc(C2CCN(C)CCN2)cc1N. The molecule has 0 bridgehead atoms. The van der Waals surface area contributed by atoms with Crippen molar-refractivity contribution in [3.05, 3.63) is 29.3 Å². The van der Waals surface area contributed by atoms with Crippen molar-refractivity contribution in [1.29, 1.82) is 0 Å². The molecule has 1 aromatic carbocycles. The molecule has 19 heavy (non-hydrogen) atoms. The maximum Gasteiger partial charge on any atom is 0.339 e. The summed E-state index contributed by atoms with van der Waals surface area (Å²) in [4.78, 5) is 13.8. The van der Waals surface area contributed by atoms with Gasteiger partial charge >= 0.3 is 5.97 Å². The quantitative estimate of drug-likeness (QED) is 0.616. The molecule has 1 atom stereocenters. The molecule has 5 nitrogen and oxygen atoms in total. The zero-order valence-electron chi connectivity index (χ0n) is 11.5. The first kappa shape index (κ1) is 13.8. The first-order valence-corrected chi connectivity index (χ1v) is 6.51. The fourth-order valence-electron chi connectivity index (χ4n) is 2.37. The highest BCUT2D eigenvalue weighted by atomic mass is 16.5. The lowest BCUT2D eigenvalue weighted by atomic mass is 10.0. The molecule has 1 fully saturated rings. The number of nitrogen functional groups attached to an aromatic ring is 1. The number of anilines is 1. The van der Waals surface area contributed by atoms with Gasteiger partial charge < -0.3 is 20.7 Å². The minimum absolute atomic E-state index is 0.291. The monoisotopic (exact) mass is 263 g/mol. The van der Waals surface area contributed by atoms with E-state index in [9.17, 15) is 4.79 Å². The second kappa shape index (κ2) is 6.04. The van der Waals surface area contributed by atoms with Crippen LogP contribution in [0.5, 0.6) is 0 Å². The van der Waals surface area contributed by atoms with Crippen LogP contribution in [0.4, 0.5) is 5.69 Å². The van der Waals surface area contributed by atoms with Gasteiger partial charge in [0, 0.05) is 24.8 Å². The van der Waals surface area contributed by atoms with Crippen LogP contribution >= 0.6 is 0 Å². The Balaban J connectivity index is 2.17. The molecule has 1 aliphatic heterocycles. The van der Waals surface area contributed by atoms with Crippen molar-refractivity contribution in [3.8, 4) is 0 Å². The van der Waals surface area contributed by atoms with Gasteiger partial charge in [-0.15, -0.1) is 0 Å². The summed E-state index contributed by atoms with van der Waals surface area (Å²) in [6, 6.07) is 5.85. The Morgan fingerprint density at radius 1 is 1.47 bits per heavy atom. The maximum absolute atomic E-state index is 11.5. The highest BCUT2D eigenvalue weighted by Gasteiger charge is 2.18. The van der Waals surface area contributed by atoms with Gasteiger partial charge in [-0.05, 0) is 37.7 Å². The number of hydrogen-bond acceptors (Lipinski definition) is 5. The number of carbonyl (C=O) groups is 1. The number of benzene rings is 1. The fourth-order valence-corrected chi connectivity index (χ4v) is 2.37. The Labute approximate surface area is 113 Å². The van der Waals surface area contributed by atoms with Crippen LogP contribution in [-0.4, -0.2) is 44.7 Å². The third-order valence-electron chi connectivity index (χ3n) is 3.57. The van der Waals surface area contributed by atoms with E-state index in [0.29, 0.717) is 17.3 Å². The highest BCUT2D eigenvalue weighted by molar-refractivity contribution is 5.95. The number of nitrogens with two attached hydrogens (primary N) is 1. The molecule has 5 heteroatoms. The van der Waals surface area contributed by atoms with Crippen LogP contribution in [0.1, 0.15) is 28.4 Å². The van der Waals surface area contributed by atoms with Gasteiger partial charge in [-0.2, -0.15) is 0 Å². The zero-order chi connectivity index (χ0) is 13.8. The van der Waals surface area contributed by atoms with Crippen molar-refractivity contribution in [2.75, 3.05) is 39.5 Å². The van der Waals surface area contributed by atoms with Gasteiger partial charge in [-0.3, -0.25) is 0 Å². The van der Waals surface area contributed by atoms with Gasteiger partial charge in [0.1, 0.15) is 0 Å². The lowest BCUT2D eigenvalue weighted by Gasteiger charge is -2.17. The van der Waals surface area contributed by atoms with Crippen LogP contribution in [-0.2, 0) is 4.74 Å². The first-order valence-electron chi connectivity index (χ1n) is 6.51. The molecular weight excluding hydrogens is 242 g/mol. The van der Waals surface area contributed by atoms with E-state index < -0.39 is 5.97 Å².